The van der Waals surface area contributed by atoms with Crippen LogP contribution in [0.15, 0.2) is 35.9 Å². The number of ether oxygens (including phenoxy) is 3. The number of nitriles is 1. The van der Waals surface area contributed by atoms with Crippen LogP contribution < -0.4 is 19.5 Å². The monoisotopic (exact) mass is 434 g/mol. The van der Waals surface area contributed by atoms with Crippen LogP contribution in [0, 0.1) is 11.3 Å². The van der Waals surface area contributed by atoms with Crippen molar-refractivity contribution < 1.29 is 19.0 Å². The Morgan fingerprint density at radius 2 is 1.79 bits per heavy atom. The molecule has 2 aromatic carbocycles. The minimum absolute atomic E-state index is 0.112. The SMILES string of the molecule is CCCOc1ccc(/C=C(\C#N)C(=O)Nc2cc(OC)c(Cl)cc2OC)cc1Cl. The fourth-order valence-corrected chi connectivity index (χ4v) is 2.87. The molecule has 29 heavy (non-hydrogen) atoms. The lowest BCUT2D eigenvalue weighted by Crippen LogP contribution is -2.14. The third-order valence-electron chi connectivity index (χ3n) is 3.82. The first-order valence-corrected chi connectivity index (χ1v) is 9.46. The van der Waals surface area contributed by atoms with Crippen LogP contribution in [0.4, 0.5) is 5.69 Å². The Kier molecular flexibility index (Phi) is 8.20. The Hall–Kier alpha value is -2.88. The Labute approximate surface area is 179 Å². The van der Waals surface area contributed by atoms with Gasteiger partial charge in [-0.15, -0.1) is 0 Å². The summed E-state index contributed by atoms with van der Waals surface area (Å²) in [7, 11) is 2.90. The van der Waals surface area contributed by atoms with E-state index in [0.29, 0.717) is 45.2 Å². The van der Waals surface area contributed by atoms with Crippen LogP contribution in [0.25, 0.3) is 6.08 Å². The van der Waals surface area contributed by atoms with Gasteiger partial charge in [-0.05, 0) is 30.2 Å². The van der Waals surface area contributed by atoms with E-state index in [1.165, 1.54) is 32.4 Å². The third-order valence-corrected chi connectivity index (χ3v) is 4.41. The molecule has 0 atom stereocenters. The van der Waals surface area contributed by atoms with Gasteiger partial charge in [-0.1, -0.05) is 36.2 Å². The van der Waals surface area contributed by atoms with Crippen molar-refractivity contribution in [2.24, 2.45) is 0 Å². The average Bonchev–Trinajstić information content (AvgIpc) is 2.72. The molecule has 0 radical (unpaired) electrons. The summed E-state index contributed by atoms with van der Waals surface area (Å²) in [4.78, 5) is 12.6. The van der Waals surface area contributed by atoms with Crippen molar-refractivity contribution in [1.29, 1.82) is 5.26 Å². The van der Waals surface area contributed by atoms with Gasteiger partial charge in [0.05, 0.1) is 36.6 Å². The summed E-state index contributed by atoms with van der Waals surface area (Å²) in [6, 6.07) is 9.97. The Balaban J connectivity index is 2.27. The zero-order chi connectivity index (χ0) is 21.4. The molecule has 152 valence electrons. The van der Waals surface area contributed by atoms with Crippen LogP contribution in [0.3, 0.4) is 0 Å². The van der Waals surface area contributed by atoms with Crippen LogP contribution in [0.1, 0.15) is 18.9 Å². The molecule has 1 amide bonds. The molecule has 2 rings (SSSR count). The van der Waals surface area contributed by atoms with Crippen molar-refractivity contribution in [2.75, 3.05) is 26.1 Å². The summed E-state index contributed by atoms with van der Waals surface area (Å²) in [6.45, 7) is 2.54. The van der Waals surface area contributed by atoms with Crippen molar-refractivity contribution in [3.05, 3.63) is 51.5 Å². The summed E-state index contributed by atoms with van der Waals surface area (Å²) >= 11 is 12.3. The molecule has 0 bridgehead atoms. The van der Waals surface area contributed by atoms with Gasteiger partial charge in [0.15, 0.2) is 0 Å². The highest BCUT2D eigenvalue weighted by atomic mass is 35.5. The maximum Gasteiger partial charge on any atom is 0.266 e. The number of carbonyl (C=O) groups is 1. The topological polar surface area (TPSA) is 80.6 Å². The van der Waals surface area contributed by atoms with Gasteiger partial charge in [0.1, 0.15) is 28.9 Å². The summed E-state index contributed by atoms with van der Waals surface area (Å²) in [6.07, 6.45) is 2.29. The van der Waals surface area contributed by atoms with Crippen molar-refractivity contribution in [3.63, 3.8) is 0 Å². The first-order chi connectivity index (χ1) is 13.9. The van der Waals surface area contributed by atoms with Crippen molar-refractivity contribution in [2.45, 2.75) is 13.3 Å². The molecule has 0 aliphatic heterocycles. The molecule has 2 aromatic rings. The van der Waals surface area contributed by atoms with E-state index in [2.05, 4.69) is 5.32 Å². The molecule has 6 nitrogen and oxygen atoms in total. The normalized spacial score (nSPS) is 10.8. The molecule has 0 spiro atoms. The fraction of sp³-hybridized carbons (Fsp3) is 0.238. The number of benzene rings is 2. The molecule has 0 heterocycles. The molecule has 0 fully saturated rings. The van der Waals surface area contributed by atoms with E-state index in [1.807, 2.05) is 13.0 Å². The predicted molar refractivity (Wildman–Crippen MR) is 114 cm³/mol. The lowest BCUT2D eigenvalue weighted by atomic mass is 10.1. The standard InChI is InChI=1S/C21H20Cl2N2O4/c1-4-7-29-18-6-5-13(9-15(18)22)8-14(12-24)21(26)25-17-11-19(27-2)16(23)10-20(17)28-3/h5-6,8-11H,4,7H2,1-3H3,(H,25,26)/b14-8+. The molecule has 0 saturated carbocycles. The van der Waals surface area contributed by atoms with E-state index in [1.54, 1.807) is 18.2 Å². The summed E-state index contributed by atoms with van der Waals surface area (Å²) in [5, 5.41) is 12.8. The van der Waals surface area contributed by atoms with Gasteiger partial charge in [-0.3, -0.25) is 4.79 Å². The van der Waals surface area contributed by atoms with Crippen molar-refractivity contribution in [3.8, 4) is 23.3 Å². The lowest BCUT2D eigenvalue weighted by molar-refractivity contribution is -0.112. The summed E-state index contributed by atoms with van der Waals surface area (Å²) < 4.78 is 15.9. The zero-order valence-corrected chi connectivity index (χ0v) is 17.7. The van der Waals surface area contributed by atoms with Crippen LogP contribution in [-0.4, -0.2) is 26.7 Å². The third kappa shape index (κ3) is 5.80. The van der Waals surface area contributed by atoms with Crippen LogP contribution >= 0.6 is 23.2 Å². The number of rotatable bonds is 8. The molecule has 0 aromatic heterocycles. The number of anilines is 1. The van der Waals surface area contributed by atoms with Crippen molar-refractivity contribution in [1.82, 2.24) is 0 Å². The average molecular weight is 435 g/mol. The smallest absolute Gasteiger partial charge is 0.266 e. The number of hydrogen-bond acceptors (Lipinski definition) is 5. The molecule has 0 unspecified atom stereocenters. The van der Waals surface area contributed by atoms with Gasteiger partial charge in [-0.25, -0.2) is 0 Å². The quantitative estimate of drug-likeness (QED) is 0.447. The fourth-order valence-electron chi connectivity index (χ4n) is 2.40. The predicted octanol–water partition coefficient (Wildman–Crippen LogP) is 5.35. The highest BCUT2D eigenvalue weighted by Crippen LogP contribution is 2.36. The number of methoxy groups -OCH3 is 2. The number of carbonyl (C=O) groups excluding carboxylic acids is 1. The van der Waals surface area contributed by atoms with E-state index >= 15 is 0 Å². The molecule has 0 aliphatic rings. The van der Waals surface area contributed by atoms with Gasteiger partial charge >= 0.3 is 0 Å². The lowest BCUT2D eigenvalue weighted by Gasteiger charge is -2.13. The Bertz CT molecular complexity index is 968. The zero-order valence-electron chi connectivity index (χ0n) is 16.2. The van der Waals surface area contributed by atoms with Crippen LogP contribution in [0.5, 0.6) is 17.2 Å². The van der Waals surface area contributed by atoms with Gasteiger partial charge in [0.2, 0.25) is 0 Å². The van der Waals surface area contributed by atoms with Gasteiger partial charge < -0.3 is 19.5 Å². The van der Waals surface area contributed by atoms with Crippen LogP contribution in [-0.2, 0) is 4.79 Å². The van der Waals surface area contributed by atoms with E-state index in [4.69, 9.17) is 37.4 Å². The molecule has 0 saturated heterocycles. The highest BCUT2D eigenvalue weighted by Gasteiger charge is 2.16. The first kappa shape index (κ1) is 22.4. The van der Waals surface area contributed by atoms with Crippen LogP contribution in [0.2, 0.25) is 10.0 Å². The Morgan fingerprint density at radius 3 is 2.38 bits per heavy atom. The van der Waals surface area contributed by atoms with E-state index < -0.39 is 5.91 Å². The number of amides is 1. The minimum atomic E-state index is -0.613. The number of halogens is 2. The number of nitrogens with one attached hydrogen (secondary N) is 1. The maximum atomic E-state index is 12.6. The van der Waals surface area contributed by atoms with Gasteiger partial charge in [0, 0.05) is 12.1 Å². The minimum Gasteiger partial charge on any atom is -0.495 e. The van der Waals surface area contributed by atoms with E-state index in [0.717, 1.165) is 6.42 Å². The maximum absolute atomic E-state index is 12.6. The van der Waals surface area contributed by atoms with E-state index in [-0.39, 0.29) is 5.57 Å². The molecule has 8 heteroatoms. The van der Waals surface area contributed by atoms with Crippen molar-refractivity contribution >= 4 is 40.9 Å². The number of nitrogens with zero attached hydrogens (tertiary/aromatic N) is 1. The second kappa shape index (κ2) is 10.6. The van der Waals surface area contributed by atoms with Gasteiger partial charge in [0.25, 0.3) is 5.91 Å². The molecular formula is C21H20Cl2N2O4. The largest absolute Gasteiger partial charge is 0.495 e. The molecule has 0 aliphatic carbocycles. The molecule has 1 N–H and O–H groups in total. The summed E-state index contributed by atoms with van der Waals surface area (Å²) in [5.74, 6) is 0.630. The first-order valence-electron chi connectivity index (χ1n) is 8.70. The summed E-state index contributed by atoms with van der Waals surface area (Å²) in [5.41, 5.74) is 0.798. The Morgan fingerprint density at radius 1 is 1.10 bits per heavy atom. The van der Waals surface area contributed by atoms with E-state index in [9.17, 15) is 10.1 Å². The number of hydrogen-bond donors (Lipinski definition) is 1. The second-order valence-corrected chi connectivity index (χ2v) is 6.66. The van der Waals surface area contributed by atoms with Gasteiger partial charge in [-0.2, -0.15) is 5.26 Å². The second-order valence-electron chi connectivity index (χ2n) is 5.85. The molecular weight excluding hydrogens is 415 g/mol. The highest BCUT2D eigenvalue weighted by molar-refractivity contribution is 6.32.